The van der Waals surface area contributed by atoms with Crippen LogP contribution in [0.1, 0.15) is 44.1 Å². The molecular formula is C19H29ClN4O3S. The molecule has 0 aromatic heterocycles. The van der Waals surface area contributed by atoms with E-state index in [1.807, 2.05) is 0 Å². The molecule has 0 radical (unpaired) electrons. The highest BCUT2D eigenvalue weighted by molar-refractivity contribution is 7.90. The number of nitrogens with one attached hydrogen (secondary N) is 2. The second-order valence-corrected chi connectivity index (χ2v) is 8.81. The van der Waals surface area contributed by atoms with E-state index in [9.17, 15) is 13.2 Å². The van der Waals surface area contributed by atoms with Crippen LogP contribution in [0.15, 0.2) is 33.6 Å². The topological polar surface area (TPSA) is 90.9 Å². The summed E-state index contributed by atoms with van der Waals surface area (Å²) in [4.78, 5) is 14.0. The van der Waals surface area contributed by atoms with Gasteiger partial charge in [-0.2, -0.15) is 8.42 Å². The number of rotatable bonds is 6. The van der Waals surface area contributed by atoms with E-state index in [-0.39, 0.29) is 29.8 Å². The molecule has 3 rings (SSSR count). The van der Waals surface area contributed by atoms with Crippen LogP contribution in [0.4, 0.5) is 0 Å². The number of likely N-dealkylation sites (N-methyl/N-ethyl adjacent to an activating group) is 1. The largest absolute Gasteiger partial charge is 0.353 e. The van der Waals surface area contributed by atoms with Crippen molar-refractivity contribution in [3.05, 3.63) is 29.8 Å². The number of nitrogens with zero attached hydrogens (tertiary/aromatic N) is 2. The molecule has 1 aliphatic heterocycles. The van der Waals surface area contributed by atoms with Crippen LogP contribution >= 0.6 is 12.4 Å². The summed E-state index contributed by atoms with van der Waals surface area (Å²) in [7, 11) is -1.99. The highest BCUT2D eigenvalue weighted by atomic mass is 35.5. The lowest BCUT2D eigenvalue weighted by atomic mass is 10.1. The van der Waals surface area contributed by atoms with E-state index in [2.05, 4.69) is 15.0 Å². The van der Waals surface area contributed by atoms with E-state index in [1.54, 1.807) is 30.1 Å². The Morgan fingerprint density at radius 3 is 2.54 bits per heavy atom. The van der Waals surface area contributed by atoms with Gasteiger partial charge in [-0.15, -0.1) is 16.8 Å². The predicted octanol–water partition coefficient (Wildman–Crippen LogP) is 1.92. The Labute approximate surface area is 173 Å². The van der Waals surface area contributed by atoms with E-state index in [1.165, 1.54) is 44.6 Å². The third-order valence-electron chi connectivity index (χ3n) is 5.09. The van der Waals surface area contributed by atoms with Gasteiger partial charge in [-0.3, -0.25) is 4.79 Å². The quantitative estimate of drug-likeness (QED) is 0.533. The number of halogens is 1. The molecule has 1 saturated carbocycles. The second-order valence-electron chi connectivity index (χ2n) is 7.23. The average Bonchev–Trinajstić information content (AvgIpc) is 2.80. The van der Waals surface area contributed by atoms with Crippen molar-refractivity contribution in [2.24, 2.45) is 4.40 Å². The summed E-state index contributed by atoms with van der Waals surface area (Å²) in [5, 5.41) is 6.41. The van der Waals surface area contributed by atoms with Crippen LogP contribution in [0, 0.1) is 0 Å². The molecule has 0 spiro atoms. The van der Waals surface area contributed by atoms with Gasteiger partial charge in [0.15, 0.2) is 5.84 Å². The Morgan fingerprint density at radius 2 is 1.82 bits per heavy atom. The summed E-state index contributed by atoms with van der Waals surface area (Å²) in [6.07, 6.45) is 7.63. The fraction of sp³-hybridized carbons (Fsp3) is 0.579. The number of benzene rings is 1. The molecule has 156 valence electrons. The van der Waals surface area contributed by atoms with Gasteiger partial charge in [-0.25, -0.2) is 0 Å². The molecule has 1 aromatic carbocycles. The molecule has 1 aromatic rings. The zero-order chi connectivity index (χ0) is 19.3. The SMILES string of the molecule is CN(CC(=O)NCCNC1CCCCCC1)C1=NS(=O)(=O)c2ccccc21.Cl. The number of carbonyl (C=O) groups is 1. The maximum atomic E-state index is 12.2. The Balaban J connectivity index is 0.00000280. The van der Waals surface area contributed by atoms with Gasteiger partial charge >= 0.3 is 0 Å². The average molecular weight is 429 g/mol. The van der Waals surface area contributed by atoms with Crippen molar-refractivity contribution in [3.8, 4) is 0 Å². The van der Waals surface area contributed by atoms with E-state index < -0.39 is 10.0 Å². The lowest BCUT2D eigenvalue weighted by molar-refractivity contribution is -0.121. The third kappa shape index (κ3) is 5.68. The molecule has 9 heteroatoms. The number of hydrogen-bond acceptors (Lipinski definition) is 5. The molecule has 2 N–H and O–H groups in total. The normalized spacial score (nSPS) is 18.4. The number of amidine groups is 1. The molecule has 7 nitrogen and oxygen atoms in total. The lowest BCUT2D eigenvalue weighted by Gasteiger charge is -2.19. The number of sulfonamides is 1. The summed E-state index contributed by atoms with van der Waals surface area (Å²) in [6.45, 7) is 1.37. The molecule has 0 atom stereocenters. The van der Waals surface area contributed by atoms with Gasteiger partial charge in [0.2, 0.25) is 5.91 Å². The fourth-order valence-corrected chi connectivity index (χ4v) is 4.92. The molecule has 2 aliphatic rings. The Hall–Kier alpha value is -1.64. The van der Waals surface area contributed by atoms with E-state index in [0.29, 0.717) is 24.0 Å². The van der Waals surface area contributed by atoms with Crippen molar-refractivity contribution in [1.29, 1.82) is 0 Å². The first kappa shape index (κ1) is 22.6. The van der Waals surface area contributed by atoms with Crippen molar-refractivity contribution in [2.75, 3.05) is 26.7 Å². The second kappa shape index (κ2) is 10.2. The molecule has 28 heavy (non-hydrogen) atoms. The standard InChI is InChI=1S/C19H28N4O3S.ClH/c1-23(19-16-10-6-7-11-17(16)27(25,26)22-19)14-18(24)21-13-12-20-15-8-4-2-3-5-9-15;/h6-7,10-11,15,20H,2-5,8-9,12-14H2,1H3,(H,21,24);1H. The first-order valence-corrected chi connectivity index (χ1v) is 11.1. The maximum Gasteiger partial charge on any atom is 0.285 e. The minimum atomic E-state index is -3.67. The fourth-order valence-electron chi connectivity index (χ4n) is 3.67. The third-order valence-corrected chi connectivity index (χ3v) is 6.42. The van der Waals surface area contributed by atoms with Gasteiger partial charge in [-0.05, 0) is 25.0 Å². The number of hydrogen-bond donors (Lipinski definition) is 2. The van der Waals surface area contributed by atoms with E-state index in [4.69, 9.17) is 0 Å². The van der Waals surface area contributed by atoms with Gasteiger partial charge in [0.25, 0.3) is 10.0 Å². The van der Waals surface area contributed by atoms with Crippen LogP contribution in [-0.4, -0.2) is 57.8 Å². The van der Waals surface area contributed by atoms with Crippen molar-refractivity contribution in [3.63, 3.8) is 0 Å². The number of carbonyl (C=O) groups excluding carboxylic acids is 1. The van der Waals surface area contributed by atoms with Crippen LogP contribution < -0.4 is 10.6 Å². The number of fused-ring (bicyclic) bond motifs is 1. The molecule has 1 amide bonds. The molecule has 0 bridgehead atoms. The molecule has 0 unspecified atom stereocenters. The summed E-state index contributed by atoms with van der Waals surface area (Å²) in [5.41, 5.74) is 0.544. The first-order valence-electron chi connectivity index (χ1n) is 9.63. The molecule has 1 heterocycles. The molecule has 1 fully saturated rings. The Morgan fingerprint density at radius 1 is 1.14 bits per heavy atom. The summed E-state index contributed by atoms with van der Waals surface area (Å²) < 4.78 is 28.1. The van der Waals surface area contributed by atoms with Crippen molar-refractivity contribution >= 4 is 34.2 Å². The van der Waals surface area contributed by atoms with Crippen molar-refractivity contribution < 1.29 is 13.2 Å². The van der Waals surface area contributed by atoms with Crippen molar-refractivity contribution in [1.82, 2.24) is 15.5 Å². The number of amides is 1. The van der Waals surface area contributed by atoms with Gasteiger partial charge in [-0.1, -0.05) is 37.8 Å². The smallest absolute Gasteiger partial charge is 0.285 e. The van der Waals surface area contributed by atoms with Gasteiger partial charge in [0.05, 0.1) is 6.54 Å². The monoisotopic (exact) mass is 428 g/mol. The molecule has 0 saturated heterocycles. The van der Waals surface area contributed by atoms with Gasteiger partial charge < -0.3 is 15.5 Å². The molecule has 1 aliphatic carbocycles. The van der Waals surface area contributed by atoms with Gasteiger partial charge in [0, 0.05) is 31.7 Å². The van der Waals surface area contributed by atoms with Gasteiger partial charge in [0.1, 0.15) is 4.90 Å². The summed E-state index contributed by atoms with van der Waals surface area (Å²) in [6, 6.07) is 7.24. The minimum Gasteiger partial charge on any atom is -0.353 e. The van der Waals surface area contributed by atoms with E-state index in [0.717, 1.165) is 6.54 Å². The van der Waals surface area contributed by atoms with Crippen molar-refractivity contribution in [2.45, 2.75) is 49.5 Å². The lowest BCUT2D eigenvalue weighted by Crippen LogP contribution is -2.42. The Bertz CT molecular complexity index is 805. The summed E-state index contributed by atoms with van der Waals surface area (Å²) in [5.74, 6) is 0.168. The van der Waals surface area contributed by atoms with Crippen LogP contribution in [0.3, 0.4) is 0 Å². The zero-order valence-corrected chi connectivity index (χ0v) is 17.8. The van der Waals surface area contributed by atoms with Crippen LogP contribution in [-0.2, 0) is 14.8 Å². The van der Waals surface area contributed by atoms with Crippen LogP contribution in [0.2, 0.25) is 0 Å². The minimum absolute atomic E-state index is 0. The molecular weight excluding hydrogens is 400 g/mol. The van der Waals surface area contributed by atoms with E-state index >= 15 is 0 Å². The first-order chi connectivity index (χ1) is 13.0. The van der Waals surface area contributed by atoms with Crippen LogP contribution in [0.25, 0.3) is 0 Å². The predicted molar refractivity (Wildman–Crippen MR) is 113 cm³/mol. The zero-order valence-electron chi connectivity index (χ0n) is 16.2. The highest BCUT2D eigenvalue weighted by Crippen LogP contribution is 2.26. The Kier molecular flexibility index (Phi) is 8.27. The maximum absolute atomic E-state index is 12.2. The highest BCUT2D eigenvalue weighted by Gasteiger charge is 2.30. The summed E-state index contributed by atoms with van der Waals surface area (Å²) >= 11 is 0. The van der Waals surface area contributed by atoms with Crippen LogP contribution in [0.5, 0.6) is 0 Å².